The highest BCUT2D eigenvalue weighted by Crippen LogP contribution is 2.15. The van der Waals surface area contributed by atoms with Crippen LogP contribution in [-0.4, -0.2) is 59.5 Å². The van der Waals surface area contributed by atoms with Crippen molar-refractivity contribution in [2.75, 3.05) is 13.6 Å². The second-order valence-corrected chi connectivity index (χ2v) is 7.49. The molecule has 9 heteroatoms. The first-order valence-electron chi connectivity index (χ1n) is 10.2. The Hall–Kier alpha value is -3.88. The topological polar surface area (TPSA) is 108 Å². The molecule has 0 spiro atoms. The van der Waals surface area contributed by atoms with Gasteiger partial charge in [-0.1, -0.05) is 60.7 Å². The summed E-state index contributed by atoms with van der Waals surface area (Å²) >= 11 is 0. The summed E-state index contributed by atoms with van der Waals surface area (Å²) in [7, 11) is 1.43. The monoisotopic (exact) mass is 438 g/mol. The normalized spacial score (nSPS) is 15.9. The Bertz CT molecular complexity index is 967. The molecule has 2 aromatic carbocycles. The molecule has 2 atom stereocenters. The largest absolute Gasteiger partial charge is 0.443 e. The van der Waals surface area contributed by atoms with Crippen LogP contribution in [0.4, 0.5) is 4.79 Å². The number of amides is 4. The van der Waals surface area contributed by atoms with Crippen LogP contribution in [0.3, 0.4) is 0 Å². The van der Waals surface area contributed by atoms with Gasteiger partial charge in [-0.2, -0.15) is 0 Å². The SMILES string of the molecule is CC(=O)N[C@@H](Cc1ccccc1)C(=O)N[C@H]1CN(N(C)C(=O)OCc2ccccc2)C1=O. The number of carbonyl (C=O) groups is 4. The van der Waals surface area contributed by atoms with Gasteiger partial charge in [-0.3, -0.25) is 14.4 Å². The van der Waals surface area contributed by atoms with E-state index in [9.17, 15) is 19.2 Å². The summed E-state index contributed by atoms with van der Waals surface area (Å²) in [5.41, 5.74) is 1.71. The molecule has 1 saturated heterocycles. The predicted octanol–water partition coefficient (Wildman–Crippen LogP) is 1.24. The lowest BCUT2D eigenvalue weighted by Crippen LogP contribution is -2.70. The Kier molecular flexibility index (Phi) is 7.43. The molecule has 0 unspecified atom stereocenters. The third-order valence-electron chi connectivity index (χ3n) is 5.03. The van der Waals surface area contributed by atoms with Crippen molar-refractivity contribution in [2.45, 2.75) is 32.0 Å². The molecule has 1 fully saturated rings. The number of benzene rings is 2. The lowest BCUT2D eigenvalue weighted by molar-refractivity contribution is -0.164. The van der Waals surface area contributed by atoms with Crippen molar-refractivity contribution in [3.05, 3.63) is 71.8 Å². The van der Waals surface area contributed by atoms with E-state index in [0.29, 0.717) is 6.42 Å². The van der Waals surface area contributed by atoms with Crippen LogP contribution in [0, 0.1) is 0 Å². The maximum Gasteiger partial charge on any atom is 0.428 e. The number of nitrogens with zero attached hydrogens (tertiary/aromatic N) is 2. The van der Waals surface area contributed by atoms with Crippen molar-refractivity contribution < 1.29 is 23.9 Å². The zero-order valence-corrected chi connectivity index (χ0v) is 18.0. The summed E-state index contributed by atoms with van der Waals surface area (Å²) in [6, 6.07) is 16.9. The summed E-state index contributed by atoms with van der Waals surface area (Å²) in [5, 5.41) is 7.55. The highest BCUT2D eigenvalue weighted by Gasteiger charge is 2.43. The van der Waals surface area contributed by atoms with Crippen LogP contribution in [0.2, 0.25) is 0 Å². The van der Waals surface area contributed by atoms with Crippen LogP contribution in [-0.2, 0) is 32.1 Å². The zero-order chi connectivity index (χ0) is 23.1. The van der Waals surface area contributed by atoms with Gasteiger partial charge in [0.1, 0.15) is 18.7 Å². The van der Waals surface area contributed by atoms with Gasteiger partial charge in [-0.25, -0.2) is 14.8 Å². The smallest absolute Gasteiger partial charge is 0.428 e. The van der Waals surface area contributed by atoms with Crippen LogP contribution in [0.25, 0.3) is 0 Å². The Balaban J connectivity index is 1.51. The predicted molar refractivity (Wildman–Crippen MR) is 116 cm³/mol. The average Bonchev–Trinajstić information content (AvgIpc) is 2.79. The van der Waals surface area contributed by atoms with Crippen LogP contribution in [0.15, 0.2) is 60.7 Å². The molecule has 0 radical (unpaired) electrons. The molecule has 32 heavy (non-hydrogen) atoms. The van der Waals surface area contributed by atoms with E-state index in [4.69, 9.17) is 4.74 Å². The second kappa shape index (κ2) is 10.4. The van der Waals surface area contributed by atoms with E-state index in [1.807, 2.05) is 60.7 Å². The molecule has 1 aliphatic heterocycles. The number of ether oxygens (including phenoxy) is 1. The highest BCUT2D eigenvalue weighted by molar-refractivity contribution is 5.95. The number of hydrazine groups is 1. The Morgan fingerprint density at radius 2 is 1.66 bits per heavy atom. The maximum atomic E-state index is 12.7. The zero-order valence-electron chi connectivity index (χ0n) is 18.0. The van der Waals surface area contributed by atoms with Crippen molar-refractivity contribution in [3.8, 4) is 0 Å². The van der Waals surface area contributed by atoms with E-state index < -0.39 is 30.0 Å². The fourth-order valence-corrected chi connectivity index (χ4v) is 3.27. The van der Waals surface area contributed by atoms with Gasteiger partial charge in [0, 0.05) is 20.4 Å². The first-order valence-corrected chi connectivity index (χ1v) is 10.2. The van der Waals surface area contributed by atoms with Crippen molar-refractivity contribution >= 4 is 23.8 Å². The van der Waals surface area contributed by atoms with Crippen LogP contribution >= 0.6 is 0 Å². The molecule has 2 aromatic rings. The van der Waals surface area contributed by atoms with E-state index in [1.165, 1.54) is 19.0 Å². The fourth-order valence-electron chi connectivity index (χ4n) is 3.27. The molecule has 1 heterocycles. The van der Waals surface area contributed by atoms with Crippen LogP contribution in [0.1, 0.15) is 18.1 Å². The molecule has 0 aromatic heterocycles. The summed E-state index contributed by atoms with van der Waals surface area (Å²) in [6.45, 7) is 1.54. The molecule has 9 nitrogen and oxygen atoms in total. The van der Waals surface area contributed by atoms with Gasteiger partial charge in [0.2, 0.25) is 11.8 Å². The van der Waals surface area contributed by atoms with Gasteiger partial charge in [-0.15, -0.1) is 0 Å². The van der Waals surface area contributed by atoms with E-state index in [2.05, 4.69) is 10.6 Å². The number of hydrogen-bond acceptors (Lipinski definition) is 5. The first kappa shape index (κ1) is 22.8. The lowest BCUT2D eigenvalue weighted by Gasteiger charge is -2.43. The van der Waals surface area contributed by atoms with Gasteiger partial charge in [0.25, 0.3) is 5.91 Å². The summed E-state index contributed by atoms with van der Waals surface area (Å²) in [6.07, 6.45) is -0.380. The minimum atomic E-state index is -0.815. The molecule has 1 aliphatic rings. The molecule has 4 amide bonds. The molecule has 3 rings (SSSR count). The van der Waals surface area contributed by atoms with Gasteiger partial charge in [0.05, 0.1) is 6.54 Å². The van der Waals surface area contributed by atoms with Gasteiger partial charge < -0.3 is 15.4 Å². The van der Waals surface area contributed by atoms with E-state index >= 15 is 0 Å². The van der Waals surface area contributed by atoms with Gasteiger partial charge >= 0.3 is 6.09 Å². The second-order valence-electron chi connectivity index (χ2n) is 7.49. The average molecular weight is 438 g/mol. The van der Waals surface area contributed by atoms with Gasteiger partial charge in [-0.05, 0) is 11.1 Å². The quantitative estimate of drug-likeness (QED) is 0.603. The van der Waals surface area contributed by atoms with E-state index in [1.54, 1.807) is 0 Å². The van der Waals surface area contributed by atoms with Crippen LogP contribution < -0.4 is 10.6 Å². The van der Waals surface area contributed by atoms with Crippen molar-refractivity contribution in [1.82, 2.24) is 20.7 Å². The third kappa shape index (κ3) is 5.84. The number of nitrogens with one attached hydrogen (secondary N) is 2. The molecular weight excluding hydrogens is 412 g/mol. The minimum absolute atomic E-state index is 0.0874. The molecule has 0 bridgehead atoms. The van der Waals surface area contributed by atoms with E-state index in [0.717, 1.165) is 16.1 Å². The molecule has 2 N–H and O–H groups in total. The lowest BCUT2D eigenvalue weighted by atomic mass is 10.0. The Morgan fingerprint density at radius 3 is 2.22 bits per heavy atom. The van der Waals surface area contributed by atoms with Crippen LogP contribution in [0.5, 0.6) is 0 Å². The summed E-state index contributed by atoms with van der Waals surface area (Å²) in [4.78, 5) is 49.0. The Labute approximate surface area is 186 Å². The number of β-lactam (4-membered cyclic amide) rings is 1. The van der Waals surface area contributed by atoms with Crippen molar-refractivity contribution in [3.63, 3.8) is 0 Å². The van der Waals surface area contributed by atoms with Crippen molar-refractivity contribution in [1.29, 1.82) is 0 Å². The minimum Gasteiger partial charge on any atom is -0.443 e. The first-order chi connectivity index (χ1) is 15.3. The summed E-state index contributed by atoms with van der Waals surface area (Å²) < 4.78 is 5.22. The van der Waals surface area contributed by atoms with Gasteiger partial charge in [0.15, 0.2) is 0 Å². The number of carbonyl (C=O) groups excluding carboxylic acids is 4. The number of hydrogen-bond donors (Lipinski definition) is 2. The maximum absolute atomic E-state index is 12.7. The van der Waals surface area contributed by atoms with E-state index in [-0.39, 0.29) is 19.1 Å². The highest BCUT2D eigenvalue weighted by atomic mass is 16.6. The number of rotatable bonds is 8. The standard InChI is InChI=1S/C23H26N4O5/c1-16(28)24-19(13-17-9-5-3-6-10-17)21(29)25-20-14-27(22(20)30)26(2)23(31)32-15-18-11-7-4-8-12-18/h3-12,19-20H,13-15H2,1-2H3,(H,24,28)(H,25,29)/t19-,20-/m0/s1. The molecule has 168 valence electrons. The van der Waals surface area contributed by atoms with Crippen molar-refractivity contribution in [2.24, 2.45) is 0 Å². The molecular formula is C23H26N4O5. The molecule has 0 saturated carbocycles. The third-order valence-corrected chi connectivity index (χ3v) is 5.03. The Morgan fingerprint density at radius 1 is 1.06 bits per heavy atom. The summed E-state index contributed by atoms with van der Waals surface area (Å²) in [5.74, 6) is -1.24. The molecule has 0 aliphatic carbocycles. The fraction of sp³-hybridized carbons (Fsp3) is 0.304.